The lowest BCUT2D eigenvalue weighted by Gasteiger charge is -2.26. The van der Waals surface area contributed by atoms with E-state index in [4.69, 9.17) is 10.5 Å². The Morgan fingerprint density at radius 3 is 2.87 bits per heavy atom. The third-order valence-electron chi connectivity index (χ3n) is 2.86. The van der Waals surface area contributed by atoms with Crippen molar-refractivity contribution < 1.29 is 4.74 Å². The van der Waals surface area contributed by atoms with Crippen molar-refractivity contribution in [1.82, 2.24) is 4.90 Å². The molecule has 2 rings (SSSR count). The van der Waals surface area contributed by atoms with E-state index in [9.17, 15) is 0 Å². The van der Waals surface area contributed by atoms with Gasteiger partial charge in [0.05, 0.1) is 18.2 Å². The maximum atomic E-state index is 5.93. The number of nitrogens with zero attached hydrogens (tertiary/aromatic N) is 1. The van der Waals surface area contributed by atoms with Gasteiger partial charge in [0.2, 0.25) is 0 Å². The van der Waals surface area contributed by atoms with Crippen LogP contribution in [-0.4, -0.2) is 31.2 Å². The van der Waals surface area contributed by atoms with Gasteiger partial charge < -0.3 is 10.5 Å². The van der Waals surface area contributed by atoms with E-state index >= 15 is 0 Å². The van der Waals surface area contributed by atoms with Gasteiger partial charge in [-0.3, -0.25) is 4.90 Å². The van der Waals surface area contributed by atoms with E-state index in [1.54, 1.807) is 11.3 Å². The van der Waals surface area contributed by atoms with Crippen molar-refractivity contribution in [1.29, 1.82) is 0 Å². The molecule has 0 radical (unpaired) electrons. The lowest BCUT2D eigenvalue weighted by Crippen LogP contribution is -2.35. The van der Waals surface area contributed by atoms with Gasteiger partial charge in [0.25, 0.3) is 0 Å². The van der Waals surface area contributed by atoms with Crippen LogP contribution in [0.25, 0.3) is 0 Å². The van der Waals surface area contributed by atoms with E-state index in [-0.39, 0.29) is 0 Å². The summed E-state index contributed by atoms with van der Waals surface area (Å²) in [5.41, 5.74) is 8.68. The first kappa shape index (κ1) is 10.9. The number of hydrogen-bond donors (Lipinski definition) is 1. The fourth-order valence-electron chi connectivity index (χ4n) is 1.97. The first-order valence-electron chi connectivity index (χ1n) is 5.46. The topological polar surface area (TPSA) is 38.5 Å². The molecule has 0 atom stereocenters. The van der Waals surface area contributed by atoms with Gasteiger partial charge in [-0.05, 0) is 22.9 Å². The predicted molar refractivity (Wildman–Crippen MR) is 64.2 cm³/mol. The second-order valence-corrected chi connectivity index (χ2v) is 4.76. The highest BCUT2D eigenvalue weighted by molar-refractivity contribution is 7.14. The summed E-state index contributed by atoms with van der Waals surface area (Å²) in [6, 6.07) is 0. The zero-order chi connectivity index (χ0) is 10.7. The van der Waals surface area contributed by atoms with Crippen molar-refractivity contribution in [3.63, 3.8) is 0 Å². The van der Waals surface area contributed by atoms with Gasteiger partial charge in [-0.25, -0.2) is 0 Å². The minimum atomic E-state index is 0.862. The number of ether oxygens (including phenoxy) is 1. The molecular formula is C11H18N2OS. The van der Waals surface area contributed by atoms with Crippen LogP contribution in [0.4, 0.5) is 5.00 Å². The Hall–Kier alpha value is -0.580. The molecule has 0 spiro atoms. The molecule has 0 aromatic carbocycles. The lowest BCUT2D eigenvalue weighted by molar-refractivity contribution is 0.0341. The summed E-state index contributed by atoms with van der Waals surface area (Å²) in [5.74, 6) is 0. The summed E-state index contributed by atoms with van der Waals surface area (Å²) >= 11 is 1.66. The fourth-order valence-corrected chi connectivity index (χ4v) is 2.87. The highest BCUT2D eigenvalue weighted by Crippen LogP contribution is 2.26. The Bertz CT molecular complexity index is 318. The Kier molecular flexibility index (Phi) is 3.61. The summed E-state index contributed by atoms with van der Waals surface area (Å²) in [6.07, 6.45) is 1.04. The van der Waals surface area contributed by atoms with Gasteiger partial charge in [0, 0.05) is 19.6 Å². The Morgan fingerprint density at radius 1 is 1.47 bits per heavy atom. The van der Waals surface area contributed by atoms with Crippen molar-refractivity contribution in [2.75, 3.05) is 32.0 Å². The molecule has 1 aliphatic heterocycles. The van der Waals surface area contributed by atoms with Crippen LogP contribution in [0.5, 0.6) is 0 Å². The third kappa shape index (κ3) is 2.51. The van der Waals surface area contributed by atoms with Crippen molar-refractivity contribution in [3.8, 4) is 0 Å². The first-order chi connectivity index (χ1) is 7.31. The molecule has 1 fully saturated rings. The van der Waals surface area contributed by atoms with E-state index in [2.05, 4.69) is 17.2 Å². The number of anilines is 1. The highest BCUT2D eigenvalue weighted by Gasteiger charge is 2.14. The number of morpholine rings is 1. The van der Waals surface area contributed by atoms with Crippen LogP contribution in [0.2, 0.25) is 0 Å². The smallest absolute Gasteiger partial charge is 0.0892 e. The van der Waals surface area contributed by atoms with Gasteiger partial charge in [-0.1, -0.05) is 6.92 Å². The van der Waals surface area contributed by atoms with E-state index in [1.165, 1.54) is 11.1 Å². The minimum absolute atomic E-state index is 0.862. The molecule has 1 aromatic heterocycles. The van der Waals surface area contributed by atoms with E-state index in [0.717, 1.165) is 44.3 Å². The molecule has 0 unspecified atom stereocenters. The SMILES string of the molecule is CCc1c(CN2CCOCC2)csc1N. The van der Waals surface area contributed by atoms with Crippen LogP contribution in [0.3, 0.4) is 0 Å². The molecule has 0 bridgehead atoms. The normalized spacial score (nSPS) is 18.2. The fraction of sp³-hybridized carbons (Fsp3) is 0.636. The number of nitrogens with two attached hydrogens (primary N) is 1. The van der Waals surface area contributed by atoms with Crippen molar-refractivity contribution >= 4 is 16.3 Å². The molecule has 0 aliphatic carbocycles. The summed E-state index contributed by atoms with van der Waals surface area (Å²) in [7, 11) is 0. The number of rotatable bonds is 3. The zero-order valence-corrected chi connectivity index (χ0v) is 9.98. The molecule has 84 valence electrons. The summed E-state index contributed by atoms with van der Waals surface area (Å²) < 4.78 is 5.34. The average Bonchev–Trinajstić information content (AvgIpc) is 2.61. The van der Waals surface area contributed by atoms with Crippen molar-refractivity contribution in [2.45, 2.75) is 19.9 Å². The Labute approximate surface area is 94.8 Å². The second-order valence-electron chi connectivity index (χ2n) is 3.85. The maximum Gasteiger partial charge on any atom is 0.0892 e. The largest absolute Gasteiger partial charge is 0.390 e. The van der Waals surface area contributed by atoms with Crippen molar-refractivity contribution in [2.24, 2.45) is 0 Å². The van der Waals surface area contributed by atoms with Crippen LogP contribution >= 0.6 is 11.3 Å². The summed E-state index contributed by atoms with van der Waals surface area (Å²) in [6.45, 7) is 7.00. The van der Waals surface area contributed by atoms with Crippen LogP contribution < -0.4 is 5.73 Å². The summed E-state index contributed by atoms with van der Waals surface area (Å²) in [5, 5.41) is 3.18. The third-order valence-corrected chi connectivity index (χ3v) is 3.77. The van der Waals surface area contributed by atoms with Crippen LogP contribution in [0.15, 0.2) is 5.38 Å². The van der Waals surface area contributed by atoms with Gasteiger partial charge in [0.15, 0.2) is 0 Å². The lowest BCUT2D eigenvalue weighted by atomic mass is 10.1. The maximum absolute atomic E-state index is 5.93. The number of nitrogen functional groups attached to an aromatic ring is 1. The Morgan fingerprint density at radius 2 is 2.20 bits per heavy atom. The average molecular weight is 226 g/mol. The van der Waals surface area contributed by atoms with Gasteiger partial charge in [0.1, 0.15) is 0 Å². The van der Waals surface area contributed by atoms with Crippen LogP contribution in [0, 0.1) is 0 Å². The van der Waals surface area contributed by atoms with Crippen molar-refractivity contribution in [3.05, 3.63) is 16.5 Å². The first-order valence-corrected chi connectivity index (χ1v) is 6.34. The molecule has 2 heterocycles. The predicted octanol–water partition coefficient (Wildman–Crippen LogP) is 1.72. The van der Waals surface area contributed by atoms with Gasteiger partial charge in [-0.2, -0.15) is 0 Å². The van der Waals surface area contributed by atoms with Crippen LogP contribution in [-0.2, 0) is 17.7 Å². The van der Waals surface area contributed by atoms with Gasteiger partial charge in [-0.15, -0.1) is 11.3 Å². The van der Waals surface area contributed by atoms with E-state index in [1.807, 2.05) is 0 Å². The summed E-state index contributed by atoms with van der Waals surface area (Å²) in [4.78, 5) is 2.43. The standard InChI is InChI=1S/C11H18N2OS/c1-2-10-9(8-15-11(10)12)7-13-3-5-14-6-4-13/h8H,2-7,12H2,1H3. The van der Waals surface area contributed by atoms with Gasteiger partial charge >= 0.3 is 0 Å². The molecule has 1 aromatic rings. The second kappa shape index (κ2) is 4.96. The molecule has 4 heteroatoms. The molecule has 3 nitrogen and oxygen atoms in total. The number of hydrogen-bond acceptors (Lipinski definition) is 4. The van der Waals surface area contributed by atoms with Crippen LogP contribution in [0.1, 0.15) is 18.1 Å². The molecule has 15 heavy (non-hydrogen) atoms. The quantitative estimate of drug-likeness (QED) is 0.853. The monoisotopic (exact) mass is 226 g/mol. The number of thiophene rings is 1. The zero-order valence-electron chi connectivity index (χ0n) is 9.16. The molecule has 0 amide bonds. The minimum Gasteiger partial charge on any atom is -0.390 e. The van der Waals surface area contributed by atoms with E-state index in [0.29, 0.717) is 0 Å². The highest BCUT2D eigenvalue weighted by atomic mass is 32.1. The molecule has 0 saturated carbocycles. The molecular weight excluding hydrogens is 208 g/mol. The molecule has 1 saturated heterocycles. The molecule has 2 N–H and O–H groups in total. The van der Waals surface area contributed by atoms with E-state index < -0.39 is 0 Å². The molecule has 1 aliphatic rings. The Balaban J connectivity index is 2.02.